The lowest BCUT2D eigenvalue weighted by Gasteiger charge is -2.31. The van der Waals surface area contributed by atoms with Crippen molar-refractivity contribution in [2.75, 3.05) is 27.3 Å². The van der Waals surface area contributed by atoms with Gasteiger partial charge in [-0.15, -0.1) is 0 Å². The molecular formula is C38H43NO4. The Morgan fingerprint density at radius 2 is 1.58 bits per heavy atom. The lowest BCUT2D eigenvalue weighted by molar-refractivity contribution is -0.148. The van der Waals surface area contributed by atoms with Crippen LogP contribution in [0.4, 0.5) is 0 Å². The Bertz CT molecular complexity index is 1500. The van der Waals surface area contributed by atoms with Crippen LogP contribution in [0.25, 0.3) is 0 Å². The van der Waals surface area contributed by atoms with Gasteiger partial charge < -0.3 is 14.6 Å². The SMILES string of the molecule is CCCc1ccc2c(c1)CCc1ccc(Cc3ccccc3)cc1C2N(C)CCOc1ccc(CC(OC)C(=O)O)cc1. The maximum Gasteiger partial charge on any atom is 0.333 e. The number of likely N-dealkylation sites (N-methyl/N-ethyl adjacent to an activating group) is 1. The van der Waals surface area contributed by atoms with E-state index >= 15 is 0 Å². The molecule has 0 aliphatic heterocycles. The molecule has 0 amide bonds. The van der Waals surface area contributed by atoms with E-state index in [9.17, 15) is 9.90 Å². The van der Waals surface area contributed by atoms with Crippen LogP contribution in [0.1, 0.15) is 63.9 Å². The number of carboxylic acids is 1. The fourth-order valence-electron chi connectivity index (χ4n) is 6.21. The molecule has 0 saturated heterocycles. The molecule has 224 valence electrons. The van der Waals surface area contributed by atoms with E-state index in [0.29, 0.717) is 13.0 Å². The number of fused-ring (bicyclic) bond motifs is 2. The van der Waals surface area contributed by atoms with Gasteiger partial charge >= 0.3 is 5.97 Å². The van der Waals surface area contributed by atoms with Gasteiger partial charge in [-0.25, -0.2) is 4.79 Å². The van der Waals surface area contributed by atoms with Crippen molar-refractivity contribution in [2.24, 2.45) is 0 Å². The zero-order valence-corrected chi connectivity index (χ0v) is 25.6. The number of carboxylic acid groups (broad SMARTS) is 1. The number of rotatable bonds is 13. The van der Waals surface area contributed by atoms with Gasteiger partial charge in [0.1, 0.15) is 12.4 Å². The van der Waals surface area contributed by atoms with E-state index in [1.807, 2.05) is 24.3 Å². The monoisotopic (exact) mass is 577 g/mol. The minimum atomic E-state index is -0.957. The van der Waals surface area contributed by atoms with E-state index < -0.39 is 12.1 Å². The molecule has 5 rings (SSSR count). The van der Waals surface area contributed by atoms with E-state index in [4.69, 9.17) is 9.47 Å². The molecule has 2 atom stereocenters. The number of carbonyl (C=O) groups is 1. The first-order valence-electron chi connectivity index (χ1n) is 15.4. The zero-order chi connectivity index (χ0) is 30.2. The molecule has 5 heteroatoms. The van der Waals surface area contributed by atoms with Crippen LogP contribution in [-0.2, 0) is 41.6 Å². The van der Waals surface area contributed by atoms with Gasteiger partial charge in [0.15, 0.2) is 6.10 Å². The van der Waals surface area contributed by atoms with Crippen molar-refractivity contribution < 1.29 is 19.4 Å². The molecule has 1 aliphatic rings. The lowest BCUT2D eigenvalue weighted by Crippen LogP contribution is -2.30. The number of nitrogens with zero attached hydrogens (tertiary/aromatic N) is 1. The minimum Gasteiger partial charge on any atom is -0.492 e. The Morgan fingerprint density at radius 1 is 0.860 bits per heavy atom. The van der Waals surface area contributed by atoms with Crippen LogP contribution in [0.5, 0.6) is 5.75 Å². The number of methoxy groups -OCH3 is 1. The van der Waals surface area contributed by atoms with Gasteiger partial charge in [-0.3, -0.25) is 4.90 Å². The zero-order valence-electron chi connectivity index (χ0n) is 25.6. The fraction of sp³-hybridized carbons (Fsp3) is 0.342. The number of benzene rings is 4. The van der Waals surface area contributed by atoms with Crippen LogP contribution in [0.3, 0.4) is 0 Å². The molecule has 0 bridgehead atoms. The van der Waals surface area contributed by atoms with Gasteiger partial charge in [0.05, 0.1) is 6.04 Å². The summed E-state index contributed by atoms with van der Waals surface area (Å²) in [6, 6.07) is 32.7. The average molecular weight is 578 g/mol. The Kier molecular flexibility index (Phi) is 10.3. The second kappa shape index (κ2) is 14.5. The van der Waals surface area contributed by atoms with E-state index in [1.165, 1.54) is 46.1 Å². The summed E-state index contributed by atoms with van der Waals surface area (Å²) < 4.78 is 11.2. The predicted molar refractivity (Wildman–Crippen MR) is 172 cm³/mol. The van der Waals surface area contributed by atoms with Crippen molar-refractivity contribution >= 4 is 5.97 Å². The van der Waals surface area contributed by atoms with E-state index in [1.54, 1.807) is 0 Å². The van der Waals surface area contributed by atoms with Crippen molar-refractivity contribution in [1.29, 1.82) is 0 Å². The standard InChI is InChI=1S/C38H43NO4/c1-4-8-27-14-20-34-32(24-27)17-16-31-15-11-30(23-28-9-6-5-7-10-28)25-35(31)37(34)39(2)21-22-43-33-18-12-29(13-19-33)26-36(42-3)38(40)41/h5-7,9-15,18-20,24-25,36-37H,4,8,16-17,21-23,26H2,1-3H3,(H,40,41). The number of hydrogen-bond donors (Lipinski definition) is 1. The van der Waals surface area contributed by atoms with Crippen LogP contribution in [-0.4, -0.2) is 49.4 Å². The van der Waals surface area contributed by atoms with Gasteiger partial charge in [-0.2, -0.15) is 0 Å². The maximum absolute atomic E-state index is 11.3. The molecule has 4 aromatic rings. The van der Waals surface area contributed by atoms with Crippen LogP contribution in [0, 0.1) is 0 Å². The number of hydrogen-bond acceptors (Lipinski definition) is 4. The predicted octanol–water partition coefficient (Wildman–Crippen LogP) is 7.07. The molecule has 0 aromatic heterocycles. The largest absolute Gasteiger partial charge is 0.492 e. The number of aryl methyl sites for hydroxylation is 3. The van der Waals surface area contributed by atoms with Crippen molar-refractivity contribution in [3.05, 3.63) is 136 Å². The molecule has 0 heterocycles. The van der Waals surface area contributed by atoms with Gasteiger partial charge in [-0.1, -0.05) is 92.2 Å². The fourth-order valence-corrected chi connectivity index (χ4v) is 6.21. The van der Waals surface area contributed by atoms with E-state index in [-0.39, 0.29) is 6.04 Å². The van der Waals surface area contributed by atoms with Crippen molar-refractivity contribution in [3.8, 4) is 5.75 Å². The summed E-state index contributed by atoms with van der Waals surface area (Å²) in [5.74, 6) is -0.182. The van der Waals surface area contributed by atoms with Crippen molar-refractivity contribution in [3.63, 3.8) is 0 Å². The number of aliphatic carboxylic acids is 1. The highest BCUT2D eigenvalue weighted by molar-refractivity contribution is 5.72. The first-order valence-corrected chi connectivity index (χ1v) is 15.4. The highest BCUT2D eigenvalue weighted by Crippen LogP contribution is 2.37. The Labute approximate surface area is 256 Å². The smallest absolute Gasteiger partial charge is 0.333 e. The van der Waals surface area contributed by atoms with Crippen molar-refractivity contribution in [2.45, 2.75) is 57.6 Å². The maximum atomic E-state index is 11.3. The molecule has 4 aromatic carbocycles. The van der Waals surface area contributed by atoms with Crippen LogP contribution in [0.2, 0.25) is 0 Å². The summed E-state index contributed by atoms with van der Waals surface area (Å²) in [5, 5.41) is 9.27. The Balaban J connectivity index is 1.35. The molecule has 0 fully saturated rings. The van der Waals surface area contributed by atoms with Crippen LogP contribution >= 0.6 is 0 Å². The Hall–Kier alpha value is -3.93. The normalized spacial score (nSPS) is 14.9. The molecule has 1 aliphatic carbocycles. The van der Waals surface area contributed by atoms with Gasteiger partial charge in [-0.05, 0) is 89.4 Å². The summed E-state index contributed by atoms with van der Waals surface area (Å²) in [6.07, 6.45) is 4.74. The molecule has 0 saturated carbocycles. The summed E-state index contributed by atoms with van der Waals surface area (Å²) >= 11 is 0. The second-order valence-corrected chi connectivity index (χ2v) is 11.6. The molecule has 0 radical (unpaired) electrons. The van der Waals surface area contributed by atoms with Crippen LogP contribution in [0.15, 0.2) is 91.0 Å². The molecule has 43 heavy (non-hydrogen) atoms. The highest BCUT2D eigenvalue weighted by atomic mass is 16.5. The molecule has 2 unspecified atom stereocenters. The lowest BCUT2D eigenvalue weighted by atomic mass is 9.90. The summed E-state index contributed by atoms with van der Waals surface area (Å²) in [7, 11) is 3.63. The summed E-state index contributed by atoms with van der Waals surface area (Å²) in [5.41, 5.74) is 10.7. The van der Waals surface area contributed by atoms with Gasteiger partial charge in [0, 0.05) is 20.1 Å². The second-order valence-electron chi connectivity index (χ2n) is 11.6. The average Bonchev–Trinajstić information content (AvgIpc) is 3.17. The van der Waals surface area contributed by atoms with E-state index in [0.717, 1.165) is 50.0 Å². The Morgan fingerprint density at radius 3 is 2.30 bits per heavy atom. The third-order valence-corrected chi connectivity index (χ3v) is 8.52. The quantitative estimate of drug-likeness (QED) is 0.184. The number of ether oxygens (including phenoxy) is 2. The summed E-state index contributed by atoms with van der Waals surface area (Å²) in [6.45, 7) is 3.55. The third-order valence-electron chi connectivity index (χ3n) is 8.52. The molecule has 5 nitrogen and oxygen atoms in total. The minimum absolute atomic E-state index is 0.145. The van der Waals surface area contributed by atoms with E-state index in [2.05, 4.69) is 85.6 Å². The summed E-state index contributed by atoms with van der Waals surface area (Å²) in [4.78, 5) is 13.7. The molecule has 0 spiro atoms. The first-order chi connectivity index (χ1) is 20.9. The van der Waals surface area contributed by atoms with Crippen molar-refractivity contribution in [1.82, 2.24) is 4.90 Å². The highest BCUT2D eigenvalue weighted by Gasteiger charge is 2.27. The first kappa shape index (κ1) is 30.5. The molecule has 1 N–H and O–H groups in total. The van der Waals surface area contributed by atoms with Gasteiger partial charge in [0.2, 0.25) is 0 Å². The van der Waals surface area contributed by atoms with Crippen LogP contribution < -0.4 is 4.74 Å². The van der Waals surface area contributed by atoms with Gasteiger partial charge in [0.25, 0.3) is 0 Å². The topological polar surface area (TPSA) is 59.0 Å². The molecular weight excluding hydrogens is 534 g/mol. The third kappa shape index (κ3) is 7.73.